The van der Waals surface area contributed by atoms with Crippen LogP contribution in [0.3, 0.4) is 0 Å². The van der Waals surface area contributed by atoms with Crippen LogP contribution in [0.15, 0.2) is 48.5 Å². The number of carbonyl (C=O) groups is 1. The summed E-state index contributed by atoms with van der Waals surface area (Å²) in [5.74, 6) is 0.396. The number of aromatic nitrogens is 1. The highest BCUT2D eigenvalue weighted by Gasteiger charge is 2.08. The predicted molar refractivity (Wildman–Crippen MR) is 102 cm³/mol. The first-order chi connectivity index (χ1) is 12.5. The van der Waals surface area contributed by atoms with E-state index in [1.165, 1.54) is 35.6 Å². The molecule has 7 nitrogen and oxygen atoms in total. The lowest BCUT2D eigenvalue weighted by atomic mass is 10.2. The molecule has 0 spiro atoms. The fraction of sp³-hybridized carbons (Fsp3) is 0.111. The second-order valence-corrected chi connectivity index (χ2v) is 6.29. The van der Waals surface area contributed by atoms with Crippen LogP contribution in [0.1, 0.15) is 12.5 Å². The van der Waals surface area contributed by atoms with E-state index >= 15 is 0 Å². The number of hydrogen-bond acceptors (Lipinski definition) is 6. The first-order valence-electron chi connectivity index (χ1n) is 7.82. The maximum absolute atomic E-state index is 12.1. The highest BCUT2D eigenvalue weighted by Crippen LogP contribution is 2.29. The molecule has 0 aliphatic rings. The molecule has 0 unspecified atom stereocenters. The van der Waals surface area contributed by atoms with Gasteiger partial charge in [0.05, 0.1) is 21.7 Å². The molecule has 1 aromatic heterocycles. The van der Waals surface area contributed by atoms with Crippen molar-refractivity contribution >= 4 is 44.4 Å². The topological polar surface area (TPSA) is 94.4 Å². The quantitative estimate of drug-likeness (QED) is 0.398. The maximum Gasteiger partial charge on any atom is 0.270 e. The number of thiazole rings is 1. The van der Waals surface area contributed by atoms with Gasteiger partial charge in [-0.25, -0.2) is 4.98 Å². The van der Waals surface area contributed by atoms with E-state index in [1.54, 1.807) is 12.1 Å². The monoisotopic (exact) mass is 369 g/mol. The average Bonchev–Trinajstić information content (AvgIpc) is 3.02. The molecule has 3 aromatic rings. The number of nitrogens with zero attached hydrogens (tertiary/aromatic N) is 2. The Balaban J connectivity index is 1.70. The first kappa shape index (κ1) is 17.6. The standard InChI is InChI=1S/C18H15N3O4S/c1-2-25-14-7-8-15-16(11-14)26-18(19-15)20-17(22)9-6-12-4-3-5-13(10-12)21(23)24/h3-11H,2H2,1H3,(H,19,20,22)/b9-6+. The lowest BCUT2D eigenvalue weighted by Crippen LogP contribution is -2.07. The molecular formula is C18H15N3O4S. The van der Waals surface area contributed by atoms with Crippen LogP contribution in [0.25, 0.3) is 16.3 Å². The van der Waals surface area contributed by atoms with Gasteiger partial charge in [0, 0.05) is 18.2 Å². The second-order valence-electron chi connectivity index (χ2n) is 5.26. The summed E-state index contributed by atoms with van der Waals surface area (Å²) in [5.41, 5.74) is 1.32. The summed E-state index contributed by atoms with van der Waals surface area (Å²) in [5, 5.41) is 13.9. The van der Waals surface area contributed by atoms with Gasteiger partial charge in [-0.15, -0.1) is 0 Å². The van der Waals surface area contributed by atoms with Gasteiger partial charge in [-0.2, -0.15) is 0 Å². The minimum absolute atomic E-state index is 0.0242. The molecule has 0 aliphatic heterocycles. The van der Waals surface area contributed by atoms with E-state index in [0.29, 0.717) is 17.3 Å². The van der Waals surface area contributed by atoms with Crippen molar-refractivity contribution in [1.29, 1.82) is 0 Å². The largest absolute Gasteiger partial charge is 0.494 e. The van der Waals surface area contributed by atoms with Crippen LogP contribution in [0, 0.1) is 10.1 Å². The third-order valence-electron chi connectivity index (χ3n) is 3.41. The van der Waals surface area contributed by atoms with Crippen LogP contribution < -0.4 is 10.1 Å². The number of carbonyl (C=O) groups excluding carboxylic acids is 1. The van der Waals surface area contributed by atoms with Gasteiger partial charge in [0.15, 0.2) is 5.13 Å². The van der Waals surface area contributed by atoms with Crippen molar-refractivity contribution in [2.24, 2.45) is 0 Å². The smallest absolute Gasteiger partial charge is 0.270 e. The molecule has 0 bridgehead atoms. The Morgan fingerprint density at radius 2 is 2.19 bits per heavy atom. The van der Waals surface area contributed by atoms with Gasteiger partial charge in [0.2, 0.25) is 5.91 Å². The lowest BCUT2D eigenvalue weighted by molar-refractivity contribution is -0.384. The van der Waals surface area contributed by atoms with Gasteiger partial charge in [-0.3, -0.25) is 20.2 Å². The lowest BCUT2D eigenvalue weighted by Gasteiger charge is -2.00. The highest BCUT2D eigenvalue weighted by atomic mass is 32.1. The number of anilines is 1. The summed E-state index contributed by atoms with van der Waals surface area (Å²) in [6.45, 7) is 2.49. The third-order valence-corrected chi connectivity index (χ3v) is 4.34. The van der Waals surface area contributed by atoms with Gasteiger partial charge in [-0.1, -0.05) is 23.5 Å². The summed E-state index contributed by atoms with van der Waals surface area (Å²) in [6.07, 6.45) is 2.83. The van der Waals surface area contributed by atoms with Crippen LogP contribution in [-0.2, 0) is 4.79 Å². The minimum atomic E-state index is -0.477. The fourth-order valence-corrected chi connectivity index (χ4v) is 3.17. The molecule has 0 atom stereocenters. The molecule has 1 amide bonds. The van der Waals surface area contributed by atoms with E-state index in [9.17, 15) is 14.9 Å². The molecule has 2 aromatic carbocycles. The molecule has 8 heteroatoms. The molecule has 26 heavy (non-hydrogen) atoms. The Kier molecular flexibility index (Phi) is 5.23. The van der Waals surface area contributed by atoms with Gasteiger partial charge in [0.25, 0.3) is 5.69 Å². The molecule has 0 saturated heterocycles. The molecule has 0 aliphatic carbocycles. The Morgan fingerprint density at radius 1 is 1.35 bits per heavy atom. The van der Waals surface area contributed by atoms with Gasteiger partial charge in [0.1, 0.15) is 5.75 Å². The summed E-state index contributed by atoms with van der Waals surface area (Å²) in [4.78, 5) is 26.7. The number of nitro benzene ring substituents is 1. The minimum Gasteiger partial charge on any atom is -0.494 e. The third kappa shape index (κ3) is 4.22. The van der Waals surface area contributed by atoms with Crippen LogP contribution >= 0.6 is 11.3 Å². The molecule has 1 N–H and O–H groups in total. The molecule has 0 saturated carbocycles. The number of rotatable bonds is 6. The number of nitro groups is 1. The number of nitrogens with one attached hydrogen (secondary N) is 1. The zero-order valence-corrected chi connectivity index (χ0v) is 14.7. The van der Waals surface area contributed by atoms with E-state index < -0.39 is 4.92 Å². The number of benzene rings is 2. The molecule has 0 radical (unpaired) electrons. The van der Waals surface area contributed by atoms with E-state index in [-0.39, 0.29) is 11.6 Å². The van der Waals surface area contributed by atoms with Crippen LogP contribution in [0.4, 0.5) is 10.8 Å². The Bertz CT molecular complexity index is 997. The Hall–Kier alpha value is -3.26. The predicted octanol–water partition coefficient (Wildman–Crippen LogP) is 4.26. The van der Waals surface area contributed by atoms with Crippen molar-refractivity contribution < 1.29 is 14.5 Å². The molecule has 1 heterocycles. The highest BCUT2D eigenvalue weighted by molar-refractivity contribution is 7.22. The SMILES string of the molecule is CCOc1ccc2nc(NC(=O)/C=C/c3cccc([N+](=O)[O-])c3)sc2c1. The Labute approximate surface area is 153 Å². The summed E-state index contributed by atoms with van der Waals surface area (Å²) in [6, 6.07) is 11.6. The van der Waals surface area contributed by atoms with Crippen molar-refractivity contribution in [1.82, 2.24) is 4.98 Å². The number of amides is 1. The molecule has 3 rings (SSSR count). The van der Waals surface area contributed by atoms with Crippen molar-refractivity contribution in [2.75, 3.05) is 11.9 Å². The zero-order valence-electron chi connectivity index (χ0n) is 13.8. The number of hydrogen-bond donors (Lipinski definition) is 1. The summed E-state index contributed by atoms with van der Waals surface area (Å²) in [7, 11) is 0. The maximum atomic E-state index is 12.1. The number of ether oxygens (including phenoxy) is 1. The van der Waals surface area contributed by atoms with Crippen molar-refractivity contribution in [3.05, 3.63) is 64.2 Å². The number of fused-ring (bicyclic) bond motifs is 1. The van der Waals surface area contributed by atoms with Crippen LogP contribution in [-0.4, -0.2) is 22.4 Å². The molecule has 132 valence electrons. The first-order valence-corrected chi connectivity index (χ1v) is 8.63. The van der Waals surface area contributed by atoms with E-state index in [2.05, 4.69) is 10.3 Å². The second kappa shape index (κ2) is 7.75. The molecular weight excluding hydrogens is 354 g/mol. The van der Waals surface area contributed by atoms with Crippen molar-refractivity contribution in [2.45, 2.75) is 6.92 Å². The van der Waals surface area contributed by atoms with Gasteiger partial charge in [-0.05, 0) is 36.8 Å². The zero-order chi connectivity index (χ0) is 18.5. The van der Waals surface area contributed by atoms with Crippen LogP contribution in [0.5, 0.6) is 5.75 Å². The van der Waals surface area contributed by atoms with E-state index in [4.69, 9.17) is 4.74 Å². The normalized spacial score (nSPS) is 11.0. The summed E-state index contributed by atoms with van der Waals surface area (Å²) < 4.78 is 6.36. The van der Waals surface area contributed by atoms with Gasteiger partial charge >= 0.3 is 0 Å². The van der Waals surface area contributed by atoms with E-state index in [1.807, 2.05) is 25.1 Å². The fourth-order valence-electron chi connectivity index (χ4n) is 2.28. The number of non-ortho nitro benzene ring substituents is 1. The van der Waals surface area contributed by atoms with Gasteiger partial charge < -0.3 is 4.74 Å². The summed E-state index contributed by atoms with van der Waals surface area (Å²) >= 11 is 1.35. The van der Waals surface area contributed by atoms with E-state index in [0.717, 1.165) is 16.0 Å². The average molecular weight is 369 g/mol. The Morgan fingerprint density at radius 3 is 2.96 bits per heavy atom. The van der Waals surface area contributed by atoms with Crippen molar-refractivity contribution in [3.63, 3.8) is 0 Å². The van der Waals surface area contributed by atoms with Crippen LogP contribution in [0.2, 0.25) is 0 Å². The van der Waals surface area contributed by atoms with Crippen molar-refractivity contribution in [3.8, 4) is 5.75 Å². The molecule has 0 fully saturated rings.